The molecule has 6 nitrogen and oxygen atoms in total. The number of nitrogens with one attached hydrogen (secondary N) is 1. The lowest BCUT2D eigenvalue weighted by Crippen LogP contribution is -2.40. The lowest BCUT2D eigenvalue weighted by molar-refractivity contribution is -0.132. The molecule has 1 atom stereocenters. The van der Waals surface area contributed by atoms with Crippen LogP contribution >= 0.6 is 11.3 Å². The van der Waals surface area contributed by atoms with Gasteiger partial charge in [-0.05, 0) is 17.4 Å². The Morgan fingerprint density at radius 3 is 2.60 bits per heavy atom. The van der Waals surface area contributed by atoms with E-state index in [1.54, 1.807) is 13.8 Å². The first-order chi connectivity index (χ1) is 9.40. The van der Waals surface area contributed by atoms with Gasteiger partial charge >= 0.3 is 6.16 Å². The summed E-state index contributed by atoms with van der Waals surface area (Å²) in [6.07, 6.45) is -2.35. The summed E-state index contributed by atoms with van der Waals surface area (Å²) in [5.41, 5.74) is 0. The molecule has 110 valence electrons. The summed E-state index contributed by atoms with van der Waals surface area (Å²) >= 11 is 1.46. The number of hydrogen-bond acceptors (Lipinski definition) is 5. The summed E-state index contributed by atoms with van der Waals surface area (Å²) in [5.74, 6) is -1.02. The number of ketones is 1. The van der Waals surface area contributed by atoms with Crippen LogP contribution in [0.3, 0.4) is 0 Å². The lowest BCUT2D eigenvalue weighted by atomic mass is 10.0. The molecule has 0 spiro atoms. The molecule has 1 amide bonds. The number of thiophene rings is 1. The summed E-state index contributed by atoms with van der Waals surface area (Å²) < 4.78 is 4.53. The molecule has 1 aromatic heterocycles. The van der Waals surface area contributed by atoms with Crippen LogP contribution in [0.2, 0.25) is 0 Å². The summed E-state index contributed by atoms with van der Waals surface area (Å²) in [4.78, 5) is 34.9. The van der Waals surface area contributed by atoms with E-state index in [9.17, 15) is 14.4 Å². The average Bonchev–Trinajstić information content (AvgIpc) is 2.85. The van der Waals surface area contributed by atoms with Crippen LogP contribution in [-0.4, -0.2) is 35.6 Å². The van der Waals surface area contributed by atoms with Crippen molar-refractivity contribution >= 4 is 29.2 Å². The Balaban J connectivity index is 2.44. The molecule has 0 fully saturated rings. The van der Waals surface area contributed by atoms with Gasteiger partial charge in [0.1, 0.15) is 0 Å². The predicted octanol–water partition coefficient (Wildman–Crippen LogP) is 1.70. The van der Waals surface area contributed by atoms with Crippen molar-refractivity contribution in [2.24, 2.45) is 5.92 Å². The first kappa shape index (κ1) is 16.2. The standard InChI is InChI=1S/C13H17NO5S/c1-8(2)12(19-13(17)18)10(15)7-14-11(16)6-9-4-3-5-20-9/h3-5,8,12H,6-7H2,1-2H3,(H,14,16)(H,17,18). The molecular formula is C13H17NO5S. The van der Waals surface area contributed by atoms with E-state index in [0.717, 1.165) is 4.88 Å². The minimum absolute atomic E-state index is 0.205. The Labute approximate surface area is 120 Å². The van der Waals surface area contributed by atoms with Crippen molar-refractivity contribution in [1.29, 1.82) is 0 Å². The van der Waals surface area contributed by atoms with E-state index in [1.165, 1.54) is 11.3 Å². The number of hydrogen-bond donors (Lipinski definition) is 2. The monoisotopic (exact) mass is 299 g/mol. The molecule has 0 saturated heterocycles. The molecule has 0 aliphatic carbocycles. The van der Waals surface area contributed by atoms with Gasteiger partial charge in [0.2, 0.25) is 5.91 Å². The van der Waals surface area contributed by atoms with Gasteiger partial charge in [0.15, 0.2) is 11.9 Å². The molecule has 0 saturated carbocycles. The summed E-state index contributed by atoms with van der Waals surface area (Å²) in [7, 11) is 0. The second-order valence-corrected chi connectivity index (χ2v) is 5.58. The van der Waals surface area contributed by atoms with Gasteiger partial charge in [-0.3, -0.25) is 9.59 Å². The van der Waals surface area contributed by atoms with Crippen LogP contribution in [0.1, 0.15) is 18.7 Å². The van der Waals surface area contributed by atoms with E-state index in [0.29, 0.717) is 0 Å². The smallest absolute Gasteiger partial charge is 0.450 e. The van der Waals surface area contributed by atoms with Crippen molar-refractivity contribution < 1.29 is 24.2 Å². The van der Waals surface area contributed by atoms with Gasteiger partial charge in [-0.1, -0.05) is 19.9 Å². The normalized spacial score (nSPS) is 11.9. The molecule has 0 aliphatic heterocycles. The quantitative estimate of drug-likeness (QED) is 0.747. The fraction of sp³-hybridized carbons (Fsp3) is 0.462. The molecule has 1 aromatic rings. The van der Waals surface area contributed by atoms with Crippen LogP contribution in [0.5, 0.6) is 0 Å². The Bertz CT molecular complexity index is 469. The maximum absolute atomic E-state index is 11.8. The molecule has 0 radical (unpaired) electrons. The molecular weight excluding hydrogens is 282 g/mol. The third kappa shape index (κ3) is 5.40. The van der Waals surface area contributed by atoms with Gasteiger partial charge in [-0.15, -0.1) is 11.3 Å². The Hall–Kier alpha value is -1.89. The number of Topliss-reactive ketones (excluding diaryl/α,β-unsaturated/α-hetero) is 1. The van der Waals surface area contributed by atoms with Crippen LogP contribution in [0.15, 0.2) is 17.5 Å². The minimum atomic E-state index is -1.50. The van der Waals surface area contributed by atoms with Gasteiger partial charge in [0.25, 0.3) is 0 Å². The van der Waals surface area contributed by atoms with Crippen LogP contribution < -0.4 is 5.32 Å². The fourth-order valence-corrected chi connectivity index (χ4v) is 2.31. The highest BCUT2D eigenvalue weighted by Gasteiger charge is 2.26. The van der Waals surface area contributed by atoms with Gasteiger partial charge in [-0.2, -0.15) is 0 Å². The Morgan fingerprint density at radius 1 is 1.40 bits per heavy atom. The predicted molar refractivity (Wildman–Crippen MR) is 73.8 cm³/mol. The molecule has 20 heavy (non-hydrogen) atoms. The summed E-state index contributed by atoms with van der Waals surface area (Å²) in [5, 5.41) is 12.9. The van der Waals surface area contributed by atoms with E-state index in [-0.39, 0.29) is 24.8 Å². The average molecular weight is 299 g/mol. The van der Waals surface area contributed by atoms with Gasteiger partial charge in [0, 0.05) is 4.88 Å². The molecule has 1 heterocycles. The van der Waals surface area contributed by atoms with Crippen molar-refractivity contribution in [1.82, 2.24) is 5.32 Å². The third-order valence-electron chi connectivity index (χ3n) is 2.53. The maximum Gasteiger partial charge on any atom is 0.506 e. The number of rotatable bonds is 7. The second-order valence-electron chi connectivity index (χ2n) is 4.55. The number of carboxylic acid groups (broad SMARTS) is 1. The Kier molecular flexibility index (Phi) is 6.17. The van der Waals surface area contributed by atoms with Crippen LogP contribution in [0.4, 0.5) is 4.79 Å². The number of amides is 1. The minimum Gasteiger partial charge on any atom is -0.450 e. The van der Waals surface area contributed by atoms with Crippen molar-refractivity contribution in [3.8, 4) is 0 Å². The zero-order valence-electron chi connectivity index (χ0n) is 11.3. The fourth-order valence-electron chi connectivity index (χ4n) is 1.60. The van der Waals surface area contributed by atoms with Crippen molar-refractivity contribution in [2.75, 3.05) is 6.54 Å². The van der Waals surface area contributed by atoms with E-state index in [1.807, 2.05) is 17.5 Å². The molecule has 0 bridgehead atoms. The highest BCUT2D eigenvalue weighted by molar-refractivity contribution is 7.10. The van der Waals surface area contributed by atoms with Crippen LogP contribution in [-0.2, 0) is 20.7 Å². The molecule has 0 aliphatic rings. The number of carbonyl (C=O) groups excluding carboxylic acids is 2. The van der Waals surface area contributed by atoms with Crippen molar-refractivity contribution in [3.63, 3.8) is 0 Å². The largest absolute Gasteiger partial charge is 0.506 e. The molecule has 1 rings (SSSR count). The number of ether oxygens (including phenoxy) is 1. The van der Waals surface area contributed by atoms with Gasteiger partial charge in [0.05, 0.1) is 13.0 Å². The zero-order chi connectivity index (χ0) is 15.1. The molecule has 7 heteroatoms. The Morgan fingerprint density at radius 2 is 2.10 bits per heavy atom. The second kappa shape index (κ2) is 7.64. The lowest BCUT2D eigenvalue weighted by Gasteiger charge is -2.18. The van der Waals surface area contributed by atoms with Crippen molar-refractivity contribution in [3.05, 3.63) is 22.4 Å². The first-order valence-corrected chi connectivity index (χ1v) is 6.99. The topological polar surface area (TPSA) is 92.7 Å². The van der Waals surface area contributed by atoms with E-state index < -0.39 is 18.0 Å². The highest BCUT2D eigenvalue weighted by atomic mass is 32.1. The number of carbonyl (C=O) groups is 3. The first-order valence-electron chi connectivity index (χ1n) is 6.11. The third-order valence-corrected chi connectivity index (χ3v) is 3.40. The SMILES string of the molecule is CC(C)C(OC(=O)O)C(=O)CNC(=O)Cc1cccs1. The van der Waals surface area contributed by atoms with Crippen molar-refractivity contribution in [2.45, 2.75) is 26.4 Å². The summed E-state index contributed by atoms with van der Waals surface area (Å²) in [6.45, 7) is 3.12. The van der Waals surface area contributed by atoms with Gasteiger partial charge in [-0.25, -0.2) is 4.79 Å². The van der Waals surface area contributed by atoms with E-state index >= 15 is 0 Å². The van der Waals surface area contributed by atoms with Crippen LogP contribution in [0.25, 0.3) is 0 Å². The zero-order valence-corrected chi connectivity index (χ0v) is 12.1. The maximum atomic E-state index is 11.8. The van der Waals surface area contributed by atoms with Crippen LogP contribution in [0, 0.1) is 5.92 Å². The summed E-state index contributed by atoms with van der Waals surface area (Å²) in [6, 6.07) is 3.67. The highest BCUT2D eigenvalue weighted by Crippen LogP contribution is 2.10. The van der Waals surface area contributed by atoms with E-state index in [4.69, 9.17) is 5.11 Å². The molecule has 1 unspecified atom stereocenters. The van der Waals surface area contributed by atoms with Gasteiger partial charge < -0.3 is 15.2 Å². The molecule has 0 aromatic carbocycles. The van der Waals surface area contributed by atoms with E-state index in [2.05, 4.69) is 10.1 Å². The molecule has 2 N–H and O–H groups in total.